The van der Waals surface area contributed by atoms with Gasteiger partial charge in [-0.1, -0.05) is 12.8 Å². The Balaban J connectivity index is 2.10. The van der Waals surface area contributed by atoms with Crippen molar-refractivity contribution in [2.75, 3.05) is 0 Å². The van der Waals surface area contributed by atoms with Gasteiger partial charge in [0.1, 0.15) is 5.60 Å². The fourth-order valence-electron chi connectivity index (χ4n) is 2.45. The third kappa shape index (κ3) is 2.83. The summed E-state index contributed by atoms with van der Waals surface area (Å²) < 4.78 is 5.33. The van der Waals surface area contributed by atoms with Crippen molar-refractivity contribution in [3.63, 3.8) is 0 Å². The third-order valence-electron chi connectivity index (χ3n) is 3.19. The summed E-state index contributed by atoms with van der Waals surface area (Å²) in [6.07, 6.45) is 5.44. The van der Waals surface area contributed by atoms with Crippen LogP contribution in [-0.2, 0) is 10.3 Å². The molecule has 0 atom stereocenters. The van der Waals surface area contributed by atoms with Gasteiger partial charge in [0.2, 0.25) is 0 Å². The highest BCUT2D eigenvalue weighted by Gasteiger charge is 2.39. The van der Waals surface area contributed by atoms with E-state index in [0.29, 0.717) is 0 Å². The molecule has 0 aliphatic heterocycles. The molecule has 0 spiro atoms. The second-order valence-electron chi connectivity index (χ2n) is 5.88. The number of nitrogens with zero attached hydrogens (tertiary/aromatic N) is 1. The SMILES string of the molecule is CC(C)(C)OC(=O)NC1(c2cc[nH]n2)CCCC1. The van der Waals surface area contributed by atoms with Crippen LogP contribution in [0.15, 0.2) is 12.3 Å². The van der Waals surface area contributed by atoms with Crippen LogP contribution in [0.4, 0.5) is 4.79 Å². The summed E-state index contributed by atoms with van der Waals surface area (Å²) in [7, 11) is 0. The molecule has 1 aromatic rings. The highest BCUT2D eigenvalue weighted by molar-refractivity contribution is 5.69. The summed E-state index contributed by atoms with van der Waals surface area (Å²) in [4.78, 5) is 11.9. The normalized spacial score (nSPS) is 18.6. The summed E-state index contributed by atoms with van der Waals surface area (Å²) >= 11 is 0. The molecule has 1 fully saturated rings. The summed E-state index contributed by atoms with van der Waals surface area (Å²) in [6, 6.07) is 1.92. The Kier molecular flexibility index (Phi) is 3.32. The quantitative estimate of drug-likeness (QED) is 0.849. The molecule has 0 radical (unpaired) electrons. The van der Waals surface area contributed by atoms with Crippen molar-refractivity contribution in [2.24, 2.45) is 0 Å². The zero-order valence-corrected chi connectivity index (χ0v) is 11.2. The maximum Gasteiger partial charge on any atom is 0.408 e. The monoisotopic (exact) mass is 251 g/mol. The number of amides is 1. The van der Waals surface area contributed by atoms with Crippen molar-refractivity contribution in [3.05, 3.63) is 18.0 Å². The standard InChI is InChI=1S/C13H21N3O2/c1-12(2,3)18-11(17)15-13(7-4-5-8-13)10-6-9-14-16-10/h6,9H,4-5,7-8H2,1-3H3,(H,14,16)(H,15,17). The summed E-state index contributed by atoms with van der Waals surface area (Å²) in [5.74, 6) is 0. The lowest BCUT2D eigenvalue weighted by Gasteiger charge is -2.30. The smallest absolute Gasteiger partial charge is 0.408 e. The van der Waals surface area contributed by atoms with E-state index >= 15 is 0 Å². The van der Waals surface area contributed by atoms with Gasteiger partial charge in [0, 0.05) is 6.20 Å². The van der Waals surface area contributed by atoms with E-state index in [1.807, 2.05) is 26.8 Å². The maximum absolute atomic E-state index is 11.9. The van der Waals surface area contributed by atoms with Crippen LogP contribution in [0.2, 0.25) is 0 Å². The van der Waals surface area contributed by atoms with Crippen LogP contribution in [0.25, 0.3) is 0 Å². The number of carbonyl (C=O) groups is 1. The fourth-order valence-corrected chi connectivity index (χ4v) is 2.45. The summed E-state index contributed by atoms with van der Waals surface area (Å²) in [5.41, 5.74) is 0.0588. The van der Waals surface area contributed by atoms with Crippen molar-refractivity contribution in [1.29, 1.82) is 0 Å². The van der Waals surface area contributed by atoms with E-state index in [-0.39, 0.29) is 11.6 Å². The van der Waals surface area contributed by atoms with Gasteiger partial charge in [-0.15, -0.1) is 0 Å². The van der Waals surface area contributed by atoms with Gasteiger partial charge in [-0.2, -0.15) is 5.10 Å². The molecule has 18 heavy (non-hydrogen) atoms. The predicted molar refractivity (Wildman–Crippen MR) is 68.1 cm³/mol. The van der Waals surface area contributed by atoms with Crippen molar-refractivity contribution >= 4 is 6.09 Å². The Morgan fingerprint density at radius 1 is 1.44 bits per heavy atom. The van der Waals surface area contributed by atoms with Crippen LogP contribution >= 0.6 is 0 Å². The molecule has 0 unspecified atom stereocenters. The molecule has 1 saturated carbocycles. The minimum Gasteiger partial charge on any atom is -0.444 e. The zero-order valence-electron chi connectivity index (χ0n) is 11.2. The Labute approximate surface area is 107 Å². The molecule has 100 valence electrons. The van der Waals surface area contributed by atoms with Crippen LogP contribution in [0.1, 0.15) is 52.1 Å². The molecule has 0 saturated heterocycles. The van der Waals surface area contributed by atoms with E-state index in [9.17, 15) is 4.79 Å². The van der Waals surface area contributed by atoms with Gasteiger partial charge in [0.25, 0.3) is 0 Å². The molecule has 2 N–H and O–H groups in total. The van der Waals surface area contributed by atoms with Gasteiger partial charge >= 0.3 is 6.09 Å². The first-order valence-electron chi connectivity index (χ1n) is 6.43. The van der Waals surface area contributed by atoms with Crippen LogP contribution < -0.4 is 5.32 Å². The Hall–Kier alpha value is -1.52. The zero-order chi connectivity index (χ0) is 13.2. The lowest BCUT2D eigenvalue weighted by atomic mass is 9.93. The molecule has 2 rings (SSSR count). The molecular formula is C13H21N3O2. The number of aromatic amines is 1. The largest absolute Gasteiger partial charge is 0.444 e. The molecule has 5 heteroatoms. The van der Waals surface area contributed by atoms with Gasteiger partial charge in [0.05, 0.1) is 11.2 Å². The number of ether oxygens (including phenoxy) is 1. The molecule has 1 heterocycles. The average Bonchev–Trinajstić information content (AvgIpc) is 2.82. The number of aromatic nitrogens is 2. The Morgan fingerprint density at radius 3 is 2.61 bits per heavy atom. The van der Waals surface area contributed by atoms with Crippen LogP contribution in [0, 0.1) is 0 Å². The number of hydrogen-bond acceptors (Lipinski definition) is 3. The predicted octanol–water partition coefficient (Wildman–Crippen LogP) is 2.70. The lowest BCUT2D eigenvalue weighted by molar-refractivity contribution is 0.0451. The topological polar surface area (TPSA) is 67.0 Å². The molecule has 1 aliphatic rings. The first kappa shape index (κ1) is 12.9. The van der Waals surface area contributed by atoms with E-state index in [1.165, 1.54) is 0 Å². The first-order chi connectivity index (χ1) is 8.41. The molecular weight excluding hydrogens is 230 g/mol. The van der Waals surface area contributed by atoms with E-state index in [1.54, 1.807) is 6.20 Å². The van der Waals surface area contributed by atoms with Crippen LogP contribution in [0.5, 0.6) is 0 Å². The van der Waals surface area contributed by atoms with Crippen molar-refractivity contribution in [3.8, 4) is 0 Å². The van der Waals surface area contributed by atoms with Crippen LogP contribution in [0.3, 0.4) is 0 Å². The second kappa shape index (κ2) is 4.63. The van der Waals surface area contributed by atoms with Gasteiger partial charge < -0.3 is 10.1 Å². The molecule has 0 aromatic carbocycles. The van der Waals surface area contributed by atoms with Gasteiger partial charge in [0.15, 0.2) is 0 Å². The van der Waals surface area contributed by atoms with Gasteiger partial charge in [-0.3, -0.25) is 5.10 Å². The Morgan fingerprint density at radius 2 is 2.11 bits per heavy atom. The fraction of sp³-hybridized carbons (Fsp3) is 0.692. The number of H-pyrrole nitrogens is 1. The number of carbonyl (C=O) groups excluding carboxylic acids is 1. The number of rotatable bonds is 2. The second-order valence-corrected chi connectivity index (χ2v) is 5.88. The number of hydrogen-bond donors (Lipinski definition) is 2. The molecule has 1 aliphatic carbocycles. The molecule has 1 aromatic heterocycles. The first-order valence-corrected chi connectivity index (χ1v) is 6.43. The van der Waals surface area contributed by atoms with E-state index in [0.717, 1.165) is 31.4 Å². The molecule has 0 bridgehead atoms. The average molecular weight is 251 g/mol. The van der Waals surface area contributed by atoms with Crippen molar-refractivity contribution in [1.82, 2.24) is 15.5 Å². The summed E-state index contributed by atoms with van der Waals surface area (Å²) in [6.45, 7) is 5.59. The molecule has 5 nitrogen and oxygen atoms in total. The molecule has 1 amide bonds. The Bertz CT molecular complexity index is 400. The van der Waals surface area contributed by atoms with Crippen LogP contribution in [-0.4, -0.2) is 21.9 Å². The lowest BCUT2D eigenvalue weighted by Crippen LogP contribution is -2.46. The maximum atomic E-state index is 11.9. The van der Waals surface area contributed by atoms with E-state index in [2.05, 4.69) is 15.5 Å². The van der Waals surface area contributed by atoms with Crippen molar-refractivity contribution < 1.29 is 9.53 Å². The van der Waals surface area contributed by atoms with Gasteiger partial charge in [-0.25, -0.2) is 4.79 Å². The highest BCUT2D eigenvalue weighted by Crippen LogP contribution is 2.37. The minimum atomic E-state index is -0.477. The third-order valence-corrected chi connectivity index (χ3v) is 3.19. The van der Waals surface area contributed by atoms with Gasteiger partial charge in [-0.05, 0) is 39.7 Å². The van der Waals surface area contributed by atoms with E-state index < -0.39 is 5.60 Å². The highest BCUT2D eigenvalue weighted by atomic mass is 16.6. The van der Waals surface area contributed by atoms with E-state index in [4.69, 9.17) is 4.74 Å². The summed E-state index contributed by atoms with van der Waals surface area (Å²) in [5, 5.41) is 10.0. The number of nitrogens with one attached hydrogen (secondary N) is 2. The minimum absolute atomic E-state index is 0.359. The number of alkyl carbamates (subject to hydrolysis) is 1. The van der Waals surface area contributed by atoms with Crippen molar-refractivity contribution in [2.45, 2.75) is 57.6 Å².